The number of nitrogens with zero attached hydrogens (tertiary/aromatic N) is 1. The van der Waals surface area contributed by atoms with Gasteiger partial charge in [0.2, 0.25) is 0 Å². The maximum Gasteiger partial charge on any atom is 0.271 e. The largest absolute Gasteiger partial charge is 0.271 e. The van der Waals surface area contributed by atoms with Gasteiger partial charge < -0.3 is 0 Å². The summed E-state index contributed by atoms with van der Waals surface area (Å²) in [5.41, 5.74) is 5.16. The molecule has 22 heavy (non-hydrogen) atoms. The van der Waals surface area contributed by atoms with Crippen LogP contribution in [0, 0.1) is 5.92 Å². The van der Waals surface area contributed by atoms with Crippen LogP contribution in [0.4, 0.5) is 0 Å². The van der Waals surface area contributed by atoms with E-state index in [1.54, 1.807) is 12.1 Å². The van der Waals surface area contributed by atoms with Crippen LogP contribution in [0.2, 0.25) is 0 Å². The van der Waals surface area contributed by atoms with Crippen LogP contribution in [-0.4, -0.2) is 11.6 Å². The van der Waals surface area contributed by atoms with Crippen LogP contribution in [-0.2, 0) is 0 Å². The quantitative estimate of drug-likeness (QED) is 0.614. The van der Waals surface area contributed by atoms with Gasteiger partial charge in [-0.25, -0.2) is 5.43 Å². The van der Waals surface area contributed by atoms with Crippen molar-refractivity contribution in [3.63, 3.8) is 0 Å². The molecule has 0 aliphatic rings. The molecule has 0 saturated carbocycles. The molecule has 114 valence electrons. The lowest BCUT2D eigenvalue weighted by Crippen LogP contribution is -2.20. The summed E-state index contributed by atoms with van der Waals surface area (Å²) in [7, 11) is 0. The normalized spacial score (nSPS) is 11.5. The Morgan fingerprint density at radius 2 is 1.77 bits per heavy atom. The first-order valence-corrected chi connectivity index (χ1v) is 8.03. The van der Waals surface area contributed by atoms with E-state index in [0.29, 0.717) is 11.5 Å². The summed E-state index contributed by atoms with van der Waals surface area (Å²) < 4.78 is 0.870. The SMILES string of the molecule is CC(C)CC(=NNC(=O)c1cccc(Br)c1)c1ccccc1. The molecule has 0 fully saturated rings. The number of nitrogens with one attached hydrogen (secondary N) is 1. The highest BCUT2D eigenvalue weighted by atomic mass is 79.9. The van der Waals surface area contributed by atoms with E-state index in [9.17, 15) is 4.79 Å². The third-order valence-corrected chi connectivity index (χ3v) is 3.58. The van der Waals surface area contributed by atoms with Gasteiger partial charge in [-0.2, -0.15) is 5.10 Å². The molecular weight excluding hydrogens is 340 g/mol. The van der Waals surface area contributed by atoms with Crippen LogP contribution in [0.15, 0.2) is 64.2 Å². The molecule has 4 heteroatoms. The van der Waals surface area contributed by atoms with Gasteiger partial charge in [0.1, 0.15) is 0 Å². The van der Waals surface area contributed by atoms with Gasteiger partial charge in [-0.05, 0) is 36.1 Å². The van der Waals surface area contributed by atoms with Crippen LogP contribution >= 0.6 is 15.9 Å². The Morgan fingerprint density at radius 1 is 1.09 bits per heavy atom. The van der Waals surface area contributed by atoms with Gasteiger partial charge in [-0.3, -0.25) is 4.79 Å². The number of halogens is 1. The Morgan fingerprint density at radius 3 is 2.41 bits per heavy atom. The van der Waals surface area contributed by atoms with Crippen molar-refractivity contribution in [2.45, 2.75) is 20.3 Å². The first-order chi connectivity index (χ1) is 10.6. The van der Waals surface area contributed by atoms with E-state index in [-0.39, 0.29) is 5.91 Å². The van der Waals surface area contributed by atoms with Gasteiger partial charge in [0, 0.05) is 10.0 Å². The summed E-state index contributed by atoms with van der Waals surface area (Å²) in [6, 6.07) is 17.2. The van der Waals surface area contributed by atoms with E-state index in [0.717, 1.165) is 22.2 Å². The molecule has 3 nitrogen and oxygen atoms in total. The van der Waals surface area contributed by atoms with Crippen molar-refractivity contribution >= 4 is 27.5 Å². The van der Waals surface area contributed by atoms with Crippen LogP contribution in [0.25, 0.3) is 0 Å². The van der Waals surface area contributed by atoms with Gasteiger partial charge in [0.15, 0.2) is 0 Å². The van der Waals surface area contributed by atoms with Crippen LogP contribution in [0.3, 0.4) is 0 Å². The monoisotopic (exact) mass is 358 g/mol. The molecule has 0 spiro atoms. The Kier molecular flexibility index (Phi) is 5.90. The summed E-state index contributed by atoms with van der Waals surface area (Å²) in [5.74, 6) is 0.250. The predicted octanol–water partition coefficient (Wildman–Crippen LogP) is 4.63. The Balaban J connectivity index is 2.18. The molecule has 2 aromatic rings. The Bertz CT molecular complexity index is 666. The maximum absolute atomic E-state index is 12.2. The Labute approximate surface area is 139 Å². The van der Waals surface area contributed by atoms with E-state index in [1.807, 2.05) is 42.5 Å². The molecule has 0 unspecified atom stereocenters. The first-order valence-electron chi connectivity index (χ1n) is 7.24. The molecule has 0 saturated heterocycles. The maximum atomic E-state index is 12.2. The van der Waals surface area contributed by atoms with Crippen molar-refractivity contribution in [3.8, 4) is 0 Å². The third-order valence-electron chi connectivity index (χ3n) is 3.09. The van der Waals surface area contributed by atoms with Gasteiger partial charge in [-0.15, -0.1) is 0 Å². The lowest BCUT2D eigenvalue weighted by Gasteiger charge is -2.10. The van der Waals surface area contributed by atoms with Gasteiger partial charge in [-0.1, -0.05) is 66.2 Å². The zero-order valence-electron chi connectivity index (χ0n) is 12.7. The fourth-order valence-corrected chi connectivity index (χ4v) is 2.46. The van der Waals surface area contributed by atoms with Crippen molar-refractivity contribution in [3.05, 3.63) is 70.2 Å². The molecule has 0 bridgehead atoms. The molecule has 0 aliphatic heterocycles. The minimum atomic E-state index is -0.210. The molecule has 0 heterocycles. The molecule has 2 aromatic carbocycles. The number of hydrogen-bond donors (Lipinski definition) is 1. The van der Waals surface area contributed by atoms with Crippen molar-refractivity contribution in [2.24, 2.45) is 11.0 Å². The summed E-state index contributed by atoms with van der Waals surface area (Å²) in [6.07, 6.45) is 0.808. The zero-order valence-corrected chi connectivity index (χ0v) is 14.3. The lowest BCUT2D eigenvalue weighted by atomic mass is 10.0. The zero-order chi connectivity index (χ0) is 15.9. The van der Waals surface area contributed by atoms with Gasteiger partial charge in [0.05, 0.1) is 5.71 Å². The average Bonchev–Trinajstić information content (AvgIpc) is 2.51. The lowest BCUT2D eigenvalue weighted by molar-refractivity contribution is 0.0954. The van der Waals surface area contributed by atoms with Gasteiger partial charge in [0.25, 0.3) is 5.91 Å². The molecule has 0 radical (unpaired) electrons. The fourth-order valence-electron chi connectivity index (χ4n) is 2.06. The summed E-state index contributed by atoms with van der Waals surface area (Å²) in [6.45, 7) is 4.27. The van der Waals surface area contributed by atoms with Crippen molar-refractivity contribution in [1.29, 1.82) is 0 Å². The number of carbonyl (C=O) groups excluding carboxylic acids is 1. The number of carbonyl (C=O) groups is 1. The minimum absolute atomic E-state index is 0.210. The molecule has 0 atom stereocenters. The molecule has 2 rings (SSSR count). The summed E-state index contributed by atoms with van der Waals surface area (Å²) >= 11 is 3.36. The molecule has 0 aliphatic carbocycles. The average molecular weight is 359 g/mol. The number of benzene rings is 2. The fraction of sp³-hybridized carbons (Fsp3) is 0.222. The number of hydrazone groups is 1. The van der Waals surface area contributed by atoms with E-state index in [4.69, 9.17) is 0 Å². The molecule has 0 aromatic heterocycles. The second kappa shape index (κ2) is 7.90. The van der Waals surface area contributed by atoms with E-state index < -0.39 is 0 Å². The molecule has 1 N–H and O–H groups in total. The summed E-state index contributed by atoms with van der Waals surface area (Å²) in [4.78, 5) is 12.2. The first kappa shape index (κ1) is 16.4. The minimum Gasteiger partial charge on any atom is -0.267 e. The second-order valence-corrected chi connectivity index (χ2v) is 6.39. The molecular formula is C18H19BrN2O. The highest BCUT2D eigenvalue weighted by molar-refractivity contribution is 9.10. The van der Waals surface area contributed by atoms with Crippen LogP contribution in [0.1, 0.15) is 36.2 Å². The van der Waals surface area contributed by atoms with E-state index in [2.05, 4.69) is 40.3 Å². The summed E-state index contributed by atoms with van der Waals surface area (Å²) in [5, 5.41) is 4.34. The number of rotatable bonds is 5. The number of amides is 1. The van der Waals surface area contributed by atoms with Crippen molar-refractivity contribution in [1.82, 2.24) is 5.43 Å². The Hall–Kier alpha value is -1.94. The van der Waals surface area contributed by atoms with E-state index in [1.165, 1.54) is 0 Å². The highest BCUT2D eigenvalue weighted by Gasteiger charge is 2.09. The standard InChI is InChI=1S/C18H19BrN2O/c1-13(2)11-17(14-7-4-3-5-8-14)20-21-18(22)15-9-6-10-16(19)12-15/h3-10,12-13H,11H2,1-2H3,(H,21,22). The number of hydrogen-bond acceptors (Lipinski definition) is 2. The van der Waals surface area contributed by atoms with Crippen LogP contribution < -0.4 is 5.43 Å². The van der Waals surface area contributed by atoms with Crippen molar-refractivity contribution < 1.29 is 4.79 Å². The second-order valence-electron chi connectivity index (χ2n) is 5.47. The highest BCUT2D eigenvalue weighted by Crippen LogP contribution is 2.12. The third kappa shape index (κ3) is 4.81. The smallest absolute Gasteiger partial charge is 0.267 e. The topological polar surface area (TPSA) is 41.5 Å². The van der Waals surface area contributed by atoms with Crippen LogP contribution in [0.5, 0.6) is 0 Å². The van der Waals surface area contributed by atoms with Gasteiger partial charge >= 0.3 is 0 Å². The van der Waals surface area contributed by atoms with E-state index >= 15 is 0 Å². The molecule has 1 amide bonds. The van der Waals surface area contributed by atoms with Crippen molar-refractivity contribution in [2.75, 3.05) is 0 Å². The predicted molar refractivity (Wildman–Crippen MR) is 94.0 cm³/mol.